The number of nitrogens with one attached hydrogen (secondary N) is 2. The molecular weight excluding hydrogens is 304 g/mol. The summed E-state index contributed by atoms with van der Waals surface area (Å²) >= 11 is 1.70. The molecule has 1 fully saturated rings. The van der Waals surface area contributed by atoms with Crippen LogP contribution >= 0.6 is 23.7 Å². The Morgan fingerprint density at radius 1 is 1.38 bits per heavy atom. The Hall–Kier alpha value is -0.580. The molecule has 0 aromatic carbocycles. The molecule has 2 aliphatic rings. The van der Waals surface area contributed by atoms with Crippen LogP contribution in [0.3, 0.4) is 0 Å². The highest BCUT2D eigenvalue weighted by molar-refractivity contribution is 7.14. The number of amides is 1. The highest BCUT2D eigenvalue weighted by Gasteiger charge is 2.23. The maximum Gasteiger partial charge on any atom is 0.261 e. The zero-order valence-electron chi connectivity index (χ0n) is 12.6. The van der Waals surface area contributed by atoms with E-state index >= 15 is 0 Å². The van der Waals surface area contributed by atoms with Crippen molar-refractivity contribution < 1.29 is 4.79 Å². The van der Waals surface area contributed by atoms with Gasteiger partial charge >= 0.3 is 0 Å². The molecule has 1 amide bonds. The second-order valence-corrected chi connectivity index (χ2v) is 7.27. The molecule has 0 bridgehead atoms. The van der Waals surface area contributed by atoms with E-state index in [0.717, 1.165) is 30.8 Å². The van der Waals surface area contributed by atoms with Crippen LogP contribution in [0.25, 0.3) is 0 Å². The van der Waals surface area contributed by atoms with Crippen LogP contribution in [0.5, 0.6) is 0 Å². The quantitative estimate of drug-likeness (QED) is 0.894. The van der Waals surface area contributed by atoms with Crippen molar-refractivity contribution in [3.8, 4) is 0 Å². The van der Waals surface area contributed by atoms with Crippen molar-refractivity contribution in [1.82, 2.24) is 10.6 Å². The molecule has 2 unspecified atom stereocenters. The van der Waals surface area contributed by atoms with Crippen molar-refractivity contribution >= 4 is 29.7 Å². The summed E-state index contributed by atoms with van der Waals surface area (Å²) in [6.45, 7) is 4.29. The fourth-order valence-electron chi connectivity index (χ4n) is 3.30. The Bertz CT molecular complexity index is 459. The van der Waals surface area contributed by atoms with Gasteiger partial charge in [-0.3, -0.25) is 4.79 Å². The minimum Gasteiger partial charge on any atom is -0.349 e. The molecule has 5 heteroatoms. The molecule has 0 saturated carbocycles. The molecule has 3 rings (SSSR count). The maximum absolute atomic E-state index is 12.4. The molecule has 2 heterocycles. The molecule has 1 aliphatic heterocycles. The lowest BCUT2D eigenvalue weighted by atomic mass is 9.93. The first-order valence-electron chi connectivity index (χ1n) is 7.87. The van der Waals surface area contributed by atoms with E-state index in [2.05, 4.69) is 23.6 Å². The second kappa shape index (κ2) is 7.61. The van der Waals surface area contributed by atoms with Gasteiger partial charge in [0.15, 0.2) is 0 Å². The van der Waals surface area contributed by atoms with E-state index in [1.54, 1.807) is 11.3 Å². The number of carbonyl (C=O) groups is 1. The molecule has 118 valence electrons. The van der Waals surface area contributed by atoms with Crippen LogP contribution in [0, 0.1) is 5.92 Å². The summed E-state index contributed by atoms with van der Waals surface area (Å²) in [7, 11) is 0. The predicted octanol–water partition coefficient (Wildman–Crippen LogP) is 3.17. The number of aryl methyl sites for hydroxylation is 2. The highest BCUT2D eigenvalue weighted by Crippen LogP contribution is 2.29. The molecule has 0 spiro atoms. The van der Waals surface area contributed by atoms with Crippen molar-refractivity contribution in [2.45, 2.75) is 51.5 Å². The van der Waals surface area contributed by atoms with Crippen molar-refractivity contribution in [2.75, 3.05) is 13.1 Å². The van der Waals surface area contributed by atoms with Crippen LogP contribution in [0.15, 0.2) is 6.07 Å². The van der Waals surface area contributed by atoms with Crippen molar-refractivity contribution in [1.29, 1.82) is 0 Å². The zero-order chi connectivity index (χ0) is 13.9. The Balaban J connectivity index is 0.00000161. The standard InChI is InChI=1S/C16H24N2OS.ClH/c1-11(13-6-4-8-17-10-13)18-16(19)15-9-12-5-2-3-7-14(12)20-15;/h9,11,13,17H,2-8,10H2,1H3,(H,18,19);1H. The molecule has 3 nitrogen and oxygen atoms in total. The van der Waals surface area contributed by atoms with Crippen molar-refractivity contribution in [3.05, 3.63) is 21.4 Å². The molecule has 2 atom stereocenters. The predicted molar refractivity (Wildman–Crippen MR) is 90.7 cm³/mol. The van der Waals surface area contributed by atoms with Gasteiger partial charge in [0, 0.05) is 10.9 Å². The monoisotopic (exact) mass is 328 g/mol. The largest absolute Gasteiger partial charge is 0.349 e. The molecule has 21 heavy (non-hydrogen) atoms. The lowest BCUT2D eigenvalue weighted by Crippen LogP contribution is -2.44. The summed E-state index contributed by atoms with van der Waals surface area (Å²) in [4.78, 5) is 14.7. The van der Waals surface area contributed by atoms with Gasteiger partial charge in [-0.25, -0.2) is 0 Å². The van der Waals surface area contributed by atoms with Gasteiger partial charge in [-0.1, -0.05) is 0 Å². The van der Waals surface area contributed by atoms with Crippen LogP contribution in [0.2, 0.25) is 0 Å². The smallest absolute Gasteiger partial charge is 0.261 e. The first-order valence-corrected chi connectivity index (χ1v) is 8.69. The van der Waals surface area contributed by atoms with E-state index in [9.17, 15) is 4.79 Å². The molecule has 2 N–H and O–H groups in total. The van der Waals surface area contributed by atoms with Gasteiger partial charge in [0.1, 0.15) is 0 Å². The van der Waals surface area contributed by atoms with E-state index < -0.39 is 0 Å². The van der Waals surface area contributed by atoms with Gasteiger partial charge in [0.05, 0.1) is 4.88 Å². The van der Waals surface area contributed by atoms with Gasteiger partial charge in [0.2, 0.25) is 0 Å². The molecule has 0 radical (unpaired) electrons. The fourth-order valence-corrected chi connectivity index (χ4v) is 4.46. The Labute approximate surface area is 137 Å². The first-order chi connectivity index (χ1) is 9.74. The second-order valence-electron chi connectivity index (χ2n) is 6.13. The number of hydrogen-bond donors (Lipinski definition) is 2. The SMILES string of the molecule is CC(NC(=O)c1cc2c(s1)CCCC2)C1CCCNC1.Cl. The number of thiophene rings is 1. The van der Waals surface area contributed by atoms with Gasteiger partial charge in [-0.05, 0) is 76.1 Å². The minimum atomic E-state index is 0. The minimum absolute atomic E-state index is 0. The van der Waals surface area contributed by atoms with Crippen LogP contribution < -0.4 is 10.6 Å². The third-order valence-corrected chi connectivity index (χ3v) is 5.86. The summed E-state index contributed by atoms with van der Waals surface area (Å²) < 4.78 is 0. The van der Waals surface area contributed by atoms with E-state index in [4.69, 9.17) is 0 Å². The zero-order valence-corrected chi connectivity index (χ0v) is 14.2. The number of fused-ring (bicyclic) bond motifs is 1. The first kappa shape index (κ1) is 16.8. The fraction of sp³-hybridized carbons (Fsp3) is 0.688. The average molecular weight is 329 g/mol. The maximum atomic E-state index is 12.4. The van der Waals surface area contributed by atoms with Crippen molar-refractivity contribution in [3.63, 3.8) is 0 Å². The van der Waals surface area contributed by atoms with Crippen LogP contribution in [-0.4, -0.2) is 25.0 Å². The molecule has 1 aliphatic carbocycles. The van der Waals surface area contributed by atoms with E-state index in [1.165, 1.54) is 36.1 Å². The summed E-state index contributed by atoms with van der Waals surface area (Å²) in [5, 5.41) is 6.63. The number of halogens is 1. The molecule has 1 aromatic heterocycles. The highest BCUT2D eigenvalue weighted by atomic mass is 35.5. The van der Waals surface area contributed by atoms with Gasteiger partial charge < -0.3 is 10.6 Å². The number of piperidine rings is 1. The van der Waals surface area contributed by atoms with Crippen LogP contribution in [0.4, 0.5) is 0 Å². The molecule has 1 saturated heterocycles. The van der Waals surface area contributed by atoms with E-state index in [1.807, 2.05) is 0 Å². The number of hydrogen-bond acceptors (Lipinski definition) is 3. The average Bonchev–Trinajstić information content (AvgIpc) is 2.92. The molecular formula is C16H25ClN2OS. The molecule has 1 aromatic rings. The number of carbonyl (C=O) groups excluding carboxylic acids is 1. The third kappa shape index (κ3) is 3.99. The van der Waals surface area contributed by atoms with Crippen molar-refractivity contribution in [2.24, 2.45) is 5.92 Å². The van der Waals surface area contributed by atoms with Crippen LogP contribution in [-0.2, 0) is 12.8 Å². The lowest BCUT2D eigenvalue weighted by molar-refractivity contribution is 0.0926. The summed E-state index contributed by atoms with van der Waals surface area (Å²) in [6.07, 6.45) is 7.30. The Morgan fingerprint density at radius 2 is 2.19 bits per heavy atom. The van der Waals surface area contributed by atoms with Gasteiger partial charge in [-0.2, -0.15) is 0 Å². The lowest BCUT2D eigenvalue weighted by Gasteiger charge is -2.28. The third-order valence-electron chi connectivity index (χ3n) is 4.62. The summed E-state index contributed by atoms with van der Waals surface area (Å²) in [6, 6.07) is 2.38. The summed E-state index contributed by atoms with van der Waals surface area (Å²) in [5.41, 5.74) is 1.42. The number of rotatable bonds is 3. The topological polar surface area (TPSA) is 41.1 Å². The van der Waals surface area contributed by atoms with Gasteiger partial charge in [0.25, 0.3) is 5.91 Å². The Morgan fingerprint density at radius 3 is 2.90 bits per heavy atom. The van der Waals surface area contributed by atoms with Gasteiger partial charge in [-0.15, -0.1) is 23.7 Å². The normalized spacial score (nSPS) is 22.8. The van der Waals surface area contributed by atoms with E-state index in [-0.39, 0.29) is 24.4 Å². The summed E-state index contributed by atoms with van der Waals surface area (Å²) in [5.74, 6) is 0.699. The van der Waals surface area contributed by atoms with Crippen LogP contribution in [0.1, 0.15) is 52.7 Å². The van der Waals surface area contributed by atoms with E-state index in [0.29, 0.717) is 5.92 Å². The Kier molecular flexibility index (Phi) is 6.08.